The molecule has 0 saturated carbocycles. The molecule has 0 atom stereocenters. The van der Waals surface area contributed by atoms with Gasteiger partial charge in [-0.05, 0) is 67.8 Å². The fraction of sp³-hybridized carbons (Fsp3) is 0.240. The summed E-state index contributed by atoms with van der Waals surface area (Å²) >= 11 is 0. The standard InChI is InChI=1S/C25H25FN6O/c1-16(17-6-9-27-10-7-17)22-4-2-18-14-28-25(13-24(18)29-22)30-23-5-3-20(12-21(23)26)32-11-8-19(15-33)31-32/h2-5,8,11-14,17,27,33H,1,6-7,9-10,15H2,(H,28,30). The number of piperidine rings is 1. The topological polar surface area (TPSA) is 87.9 Å². The SMILES string of the molecule is C=C(c1ccc2cnc(Nc3ccc(-n4ccc(CO)n4)cc3F)cc2n1)C1CCNCC1. The van der Waals surface area contributed by atoms with E-state index < -0.39 is 5.82 Å². The zero-order valence-corrected chi connectivity index (χ0v) is 18.1. The van der Waals surface area contributed by atoms with Crippen molar-refractivity contribution in [2.45, 2.75) is 19.4 Å². The van der Waals surface area contributed by atoms with Crippen molar-refractivity contribution in [2.75, 3.05) is 18.4 Å². The summed E-state index contributed by atoms with van der Waals surface area (Å²) in [7, 11) is 0. The van der Waals surface area contributed by atoms with Crippen LogP contribution in [0, 0.1) is 11.7 Å². The highest BCUT2D eigenvalue weighted by molar-refractivity contribution is 5.83. The fourth-order valence-corrected chi connectivity index (χ4v) is 4.12. The van der Waals surface area contributed by atoms with E-state index in [0.29, 0.717) is 28.8 Å². The lowest BCUT2D eigenvalue weighted by Gasteiger charge is -2.24. The number of pyridine rings is 2. The first-order valence-corrected chi connectivity index (χ1v) is 11.0. The number of hydrogen-bond donors (Lipinski definition) is 3. The maximum atomic E-state index is 14.8. The van der Waals surface area contributed by atoms with Gasteiger partial charge in [0.1, 0.15) is 11.6 Å². The molecule has 3 N–H and O–H groups in total. The normalized spacial score (nSPS) is 14.5. The van der Waals surface area contributed by atoms with Crippen molar-refractivity contribution >= 4 is 28.0 Å². The number of aliphatic hydroxyl groups is 1. The van der Waals surface area contributed by atoms with E-state index in [-0.39, 0.29) is 6.61 Å². The zero-order chi connectivity index (χ0) is 22.8. The van der Waals surface area contributed by atoms with Crippen LogP contribution in [0.2, 0.25) is 0 Å². The van der Waals surface area contributed by atoms with Crippen LogP contribution in [0.1, 0.15) is 24.2 Å². The molecule has 33 heavy (non-hydrogen) atoms. The molecular formula is C25H25FN6O. The van der Waals surface area contributed by atoms with E-state index in [0.717, 1.165) is 48.1 Å². The Kier molecular flexibility index (Phi) is 5.85. The summed E-state index contributed by atoms with van der Waals surface area (Å²) in [5, 5.41) is 20.7. The molecule has 0 spiro atoms. The largest absolute Gasteiger partial charge is 0.390 e. The molecule has 0 unspecified atom stereocenters. The van der Waals surface area contributed by atoms with E-state index in [1.807, 2.05) is 18.2 Å². The third-order valence-corrected chi connectivity index (χ3v) is 6.02. The Hall–Kier alpha value is -3.62. The quantitative estimate of drug-likeness (QED) is 0.413. The first-order chi connectivity index (χ1) is 16.1. The first-order valence-electron chi connectivity index (χ1n) is 11.0. The van der Waals surface area contributed by atoms with E-state index in [9.17, 15) is 9.50 Å². The monoisotopic (exact) mass is 444 g/mol. The molecule has 8 heteroatoms. The Balaban J connectivity index is 1.37. The van der Waals surface area contributed by atoms with Crippen LogP contribution in [0.25, 0.3) is 22.2 Å². The van der Waals surface area contributed by atoms with E-state index in [1.165, 1.54) is 10.7 Å². The van der Waals surface area contributed by atoms with Crippen LogP contribution in [-0.4, -0.2) is 37.9 Å². The van der Waals surface area contributed by atoms with Crippen LogP contribution in [-0.2, 0) is 6.61 Å². The van der Waals surface area contributed by atoms with Gasteiger partial charge in [-0.15, -0.1) is 0 Å². The molecular weight excluding hydrogens is 419 g/mol. The maximum Gasteiger partial charge on any atom is 0.148 e. The van der Waals surface area contributed by atoms with E-state index >= 15 is 0 Å². The third-order valence-electron chi connectivity index (χ3n) is 6.02. The summed E-state index contributed by atoms with van der Waals surface area (Å²) in [6.07, 6.45) is 5.54. The molecule has 4 aromatic rings. The van der Waals surface area contributed by atoms with Gasteiger partial charge in [-0.2, -0.15) is 5.10 Å². The second-order valence-corrected chi connectivity index (χ2v) is 8.21. The van der Waals surface area contributed by atoms with Crippen molar-refractivity contribution in [2.24, 2.45) is 5.92 Å². The number of halogens is 1. The number of aliphatic hydroxyl groups excluding tert-OH is 1. The van der Waals surface area contributed by atoms with Gasteiger partial charge in [0.2, 0.25) is 0 Å². The number of rotatable bonds is 6. The van der Waals surface area contributed by atoms with Gasteiger partial charge in [0.05, 0.1) is 34.9 Å². The molecule has 7 nitrogen and oxygen atoms in total. The van der Waals surface area contributed by atoms with Gasteiger partial charge in [0.25, 0.3) is 0 Å². The molecule has 5 rings (SSSR count). The van der Waals surface area contributed by atoms with Gasteiger partial charge in [0, 0.05) is 29.9 Å². The number of benzene rings is 1. The van der Waals surface area contributed by atoms with Crippen molar-refractivity contribution in [1.29, 1.82) is 0 Å². The second kappa shape index (κ2) is 9.09. The number of fused-ring (bicyclic) bond motifs is 1. The summed E-state index contributed by atoms with van der Waals surface area (Å²) in [5.41, 5.74) is 4.12. The second-order valence-electron chi connectivity index (χ2n) is 8.21. The summed E-state index contributed by atoms with van der Waals surface area (Å²) in [4.78, 5) is 9.22. The minimum absolute atomic E-state index is 0.163. The van der Waals surface area contributed by atoms with Gasteiger partial charge < -0.3 is 15.7 Å². The highest BCUT2D eigenvalue weighted by Crippen LogP contribution is 2.29. The Morgan fingerprint density at radius 1 is 1.18 bits per heavy atom. The van der Waals surface area contributed by atoms with Gasteiger partial charge in [0.15, 0.2) is 0 Å². The molecule has 0 bridgehead atoms. The summed E-state index contributed by atoms with van der Waals surface area (Å²) in [6.45, 7) is 6.15. The summed E-state index contributed by atoms with van der Waals surface area (Å²) in [5.74, 6) is 0.510. The van der Waals surface area contributed by atoms with Crippen molar-refractivity contribution < 1.29 is 9.50 Å². The lowest BCUT2D eigenvalue weighted by Crippen LogP contribution is -2.28. The van der Waals surface area contributed by atoms with Crippen molar-refractivity contribution in [1.82, 2.24) is 25.1 Å². The predicted octanol–water partition coefficient (Wildman–Crippen LogP) is 4.20. The number of nitrogens with zero attached hydrogens (tertiary/aromatic N) is 4. The van der Waals surface area contributed by atoms with Gasteiger partial charge >= 0.3 is 0 Å². The first kappa shape index (κ1) is 21.2. The van der Waals surface area contributed by atoms with E-state index in [2.05, 4.69) is 27.3 Å². The van der Waals surface area contributed by atoms with Crippen LogP contribution >= 0.6 is 0 Å². The maximum absolute atomic E-state index is 14.8. The van der Waals surface area contributed by atoms with E-state index in [4.69, 9.17) is 4.98 Å². The van der Waals surface area contributed by atoms with Gasteiger partial charge in [-0.1, -0.05) is 6.58 Å². The molecule has 1 saturated heterocycles. The smallest absolute Gasteiger partial charge is 0.148 e. The number of anilines is 2. The number of aromatic nitrogens is 4. The third kappa shape index (κ3) is 4.48. The molecule has 1 aliphatic heterocycles. The van der Waals surface area contributed by atoms with Gasteiger partial charge in [-0.25, -0.2) is 19.0 Å². The van der Waals surface area contributed by atoms with Gasteiger partial charge in [-0.3, -0.25) is 0 Å². The average molecular weight is 445 g/mol. The molecule has 168 valence electrons. The minimum Gasteiger partial charge on any atom is -0.390 e. The van der Waals surface area contributed by atoms with Crippen LogP contribution in [0.5, 0.6) is 0 Å². The fourth-order valence-electron chi connectivity index (χ4n) is 4.12. The summed E-state index contributed by atoms with van der Waals surface area (Å²) in [6, 6.07) is 12.3. The Morgan fingerprint density at radius 2 is 2.03 bits per heavy atom. The van der Waals surface area contributed by atoms with Crippen LogP contribution in [0.15, 0.2) is 61.4 Å². The molecule has 1 fully saturated rings. The molecule has 0 amide bonds. The lowest BCUT2D eigenvalue weighted by atomic mass is 9.89. The molecule has 1 aliphatic rings. The molecule has 1 aromatic carbocycles. The minimum atomic E-state index is -0.434. The summed E-state index contributed by atoms with van der Waals surface area (Å²) < 4.78 is 16.3. The van der Waals surface area contributed by atoms with Crippen molar-refractivity contribution in [3.8, 4) is 5.69 Å². The lowest BCUT2D eigenvalue weighted by molar-refractivity contribution is 0.276. The average Bonchev–Trinajstić information content (AvgIpc) is 3.34. The van der Waals surface area contributed by atoms with Crippen LogP contribution < -0.4 is 10.6 Å². The zero-order valence-electron chi connectivity index (χ0n) is 18.1. The number of nitrogens with one attached hydrogen (secondary N) is 2. The van der Waals surface area contributed by atoms with Crippen LogP contribution in [0.4, 0.5) is 15.9 Å². The molecule has 0 aliphatic carbocycles. The Bertz CT molecular complexity index is 1310. The number of hydrogen-bond acceptors (Lipinski definition) is 6. The van der Waals surface area contributed by atoms with E-state index in [1.54, 1.807) is 30.6 Å². The molecule has 4 heterocycles. The highest BCUT2D eigenvalue weighted by atomic mass is 19.1. The molecule has 3 aromatic heterocycles. The number of allylic oxidation sites excluding steroid dienone is 1. The van der Waals surface area contributed by atoms with Crippen molar-refractivity contribution in [3.63, 3.8) is 0 Å². The Morgan fingerprint density at radius 3 is 2.79 bits per heavy atom. The predicted molar refractivity (Wildman–Crippen MR) is 127 cm³/mol. The van der Waals surface area contributed by atoms with Crippen molar-refractivity contribution in [3.05, 3.63) is 78.6 Å². The highest BCUT2D eigenvalue weighted by Gasteiger charge is 2.18. The molecule has 0 radical (unpaired) electrons. The van der Waals surface area contributed by atoms with Crippen LogP contribution in [0.3, 0.4) is 0 Å². The Labute approximate surface area is 191 Å².